The molecule has 4 nitrogen and oxygen atoms in total. The zero-order valence-corrected chi connectivity index (χ0v) is 14.5. The maximum absolute atomic E-state index is 14.4. The van der Waals surface area contributed by atoms with Crippen molar-refractivity contribution in [2.45, 2.75) is 31.1 Å². The Kier molecular flexibility index (Phi) is 4.93. The second-order valence-electron chi connectivity index (χ2n) is 6.29. The molecule has 0 atom stereocenters. The third-order valence-electron chi connectivity index (χ3n) is 4.94. The molecule has 1 aliphatic rings. The average Bonchev–Trinajstić information content (AvgIpc) is 3.13. The highest BCUT2D eigenvalue weighted by Crippen LogP contribution is 2.43. The molecule has 1 amide bonds. The molecule has 0 radical (unpaired) electrons. The molecule has 1 N–H and O–H groups in total. The van der Waals surface area contributed by atoms with Crippen LogP contribution in [-0.4, -0.2) is 20.1 Å². The fourth-order valence-electron chi connectivity index (χ4n) is 3.59. The molecule has 3 rings (SSSR count). The normalized spacial score (nSPS) is 15.6. The molecule has 25 heavy (non-hydrogen) atoms. The van der Waals surface area contributed by atoms with Crippen LogP contribution in [0.15, 0.2) is 42.5 Å². The highest BCUT2D eigenvalue weighted by Gasteiger charge is 2.44. The molecule has 0 saturated heterocycles. The summed E-state index contributed by atoms with van der Waals surface area (Å²) in [6.45, 7) is 0. The van der Waals surface area contributed by atoms with Gasteiger partial charge >= 0.3 is 0 Å². The summed E-state index contributed by atoms with van der Waals surface area (Å²) in [5.74, 6) is 0.619. The van der Waals surface area contributed by atoms with Gasteiger partial charge < -0.3 is 14.8 Å². The Labute approximate surface area is 147 Å². The van der Waals surface area contributed by atoms with E-state index in [2.05, 4.69) is 5.32 Å². The Balaban J connectivity index is 1.94. The Morgan fingerprint density at radius 2 is 1.80 bits per heavy atom. The highest BCUT2D eigenvalue weighted by molar-refractivity contribution is 6.00. The van der Waals surface area contributed by atoms with E-state index < -0.39 is 5.41 Å². The van der Waals surface area contributed by atoms with Crippen LogP contribution in [-0.2, 0) is 10.2 Å². The second kappa shape index (κ2) is 7.13. The molecule has 1 fully saturated rings. The van der Waals surface area contributed by atoms with Crippen molar-refractivity contribution in [2.24, 2.45) is 0 Å². The van der Waals surface area contributed by atoms with Gasteiger partial charge in [-0.05, 0) is 31.0 Å². The Morgan fingerprint density at radius 1 is 1.08 bits per heavy atom. The van der Waals surface area contributed by atoms with E-state index >= 15 is 0 Å². The molecule has 0 aliphatic heterocycles. The molecule has 0 aromatic heterocycles. The number of halogens is 1. The Bertz CT molecular complexity index is 769. The molecule has 132 valence electrons. The van der Waals surface area contributed by atoms with Crippen LogP contribution in [0.5, 0.6) is 11.5 Å². The highest BCUT2D eigenvalue weighted by atomic mass is 19.1. The smallest absolute Gasteiger partial charge is 0.235 e. The minimum atomic E-state index is -0.837. The van der Waals surface area contributed by atoms with E-state index in [0.717, 1.165) is 12.8 Å². The monoisotopic (exact) mass is 343 g/mol. The van der Waals surface area contributed by atoms with Gasteiger partial charge in [0.1, 0.15) is 17.3 Å². The summed E-state index contributed by atoms with van der Waals surface area (Å²) < 4.78 is 24.9. The largest absolute Gasteiger partial charge is 0.497 e. The van der Waals surface area contributed by atoms with Crippen molar-refractivity contribution in [3.05, 3.63) is 53.8 Å². The van der Waals surface area contributed by atoms with Crippen molar-refractivity contribution < 1.29 is 18.7 Å². The molecule has 0 spiro atoms. The number of amides is 1. The third kappa shape index (κ3) is 3.18. The lowest BCUT2D eigenvalue weighted by atomic mass is 9.77. The number of ether oxygens (including phenoxy) is 2. The lowest BCUT2D eigenvalue weighted by molar-refractivity contribution is -0.121. The van der Waals surface area contributed by atoms with Crippen LogP contribution >= 0.6 is 0 Å². The first-order valence-corrected chi connectivity index (χ1v) is 8.39. The van der Waals surface area contributed by atoms with Gasteiger partial charge in [-0.25, -0.2) is 4.39 Å². The van der Waals surface area contributed by atoms with E-state index in [-0.39, 0.29) is 11.7 Å². The quantitative estimate of drug-likeness (QED) is 0.881. The van der Waals surface area contributed by atoms with Gasteiger partial charge in [-0.1, -0.05) is 31.0 Å². The molecule has 1 aliphatic carbocycles. The molecule has 0 bridgehead atoms. The van der Waals surface area contributed by atoms with E-state index in [0.29, 0.717) is 35.6 Å². The molecule has 2 aromatic rings. The summed E-state index contributed by atoms with van der Waals surface area (Å²) >= 11 is 0. The van der Waals surface area contributed by atoms with Crippen LogP contribution < -0.4 is 14.8 Å². The van der Waals surface area contributed by atoms with Gasteiger partial charge in [0, 0.05) is 11.6 Å². The lowest BCUT2D eigenvalue weighted by Crippen LogP contribution is -2.38. The first kappa shape index (κ1) is 17.3. The lowest BCUT2D eigenvalue weighted by Gasteiger charge is -2.29. The number of rotatable bonds is 5. The van der Waals surface area contributed by atoms with Gasteiger partial charge in [-0.3, -0.25) is 4.79 Å². The van der Waals surface area contributed by atoms with Crippen LogP contribution in [0, 0.1) is 5.82 Å². The van der Waals surface area contributed by atoms with Gasteiger partial charge in [0.25, 0.3) is 0 Å². The number of nitrogens with one attached hydrogen (secondary N) is 1. The standard InChI is InChI=1S/C20H22FNO3/c1-24-14-9-10-17(18(13-14)25-2)22-19(23)20(11-5-6-12-20)15-7-3-4-8-16(15)21/h3-4,7-10,13H,5-6,11-12H2,1-2H3,(H,22,23). The zero-order valence-electron chi connectivity index (χ0n) is 14.5. The summed E-state index contributed by atoms with van der Waals surface area (Å²) in [7, 11) is 3.10. The van der Waals surface area contributed by atoms with E-state index in [1.165, 1.54) is 13.2 Å². The van der Waals surface area contributed by atoms with Crippen molar-refractivity contribution in [1.29, 1.82) is 0 Å². The minimum Gasteiger partial charge on any atom is -0.497 e. The maximum Gasteiger partial charge on any atom is 0.235 e. The van der Waals surface area contributed by atoms with E-state index in [9.17, 15) is 9.18 Å². The number of carbonyl (C=O) groups excluding carboxylic acids is 1. The number of methoxy groups -OCH3 is 2. The molecule has 2 aromatic carbocycles. The molecular formula is C20H22FNO3. The van der Waals surface area contributed by atoms with Crippen molar-refractivity contribution in [3.63, 3.8) is 0 Å². The predicted molar refractivity (Wildman–Crippen MR) is 94.7 cm³/mol. The number of hydrogen-bond acceptors (Lipinski definition) is 3. The first-order chi connectivity index (χ1) is 12.1. The minimum absolute atomic E-state index is 0.196. The van der Waals surface area contributed by atoms with Gasteiger partial charge in [0.05, 0.1) is 25.3 Å². The second-order valence-corrected chi connectivity index (χ2v) is 6.29. The number of carbonyl (C=O) groups is 1. The summed E-state index contributed by atoms with van der Waals surface area (Å²) in [5.41, 5.74) is 0.185. The van der Waals surface area contributed by atoms with Gasteiger partial charge in [-0.2, -0.15) is 0 Å². The summed E-state index contributed by atoms with van der Waals surface area (Å²) in [6, 6.07) is 11.7. The van der Waals surface area contributed by atoms with Gasteiger partial charge in [-0.15, -0.1) is 0 Å². The summed E-state index contributed by atoms with van der Waals surface area (Å²) in [5, 5.41) is 2.94. The molecule has 0 heterocycles. The SMILES string of the molecule is COc1ccc(NC(=O)C2(c3ccccc3F)CCCC2)c(OC)c1. The topological polar surface area (TPSA) is 47.6 Å². The van der Waals surface area contributed by atoms with Gasteiger partial charge in [0.2, 0.25) is 5.91 Å². The fourth-order valence-corrected chi connectivity index (χ4v) is 3.59. The van der Waals surface area contributed by atoms with Crippen LogP contribution in [0.3, 0.4) is 0 Å². The average molecular weight is 343 g/mol. The van der Waals surface area contributed by atoms with Crippen LogP contribution in [0.2, 0.25) is 0 Å². The van der Waals surface area contributed by atoms with Crippen LogP contribution in [0.25, 0.3) is 0 Å². The van der Waals surface area contributed by atoms with E-state index in [4.69, 9.17) is 9.47 Å². The van der Waals surface area contributed by atoms with Crippen molar-refractivity contribution in [1.82, 2.24) is 0 Å². The zero-order chi connectivity index (χ0) is 17.9. The fraction of sp³-hybridized carbons (Fsp3) is 0.350. The Morgan fingerprint density at radius 3 is 2.44 bits per heavy atom. The predicted octanol–water partition coefficient (Wildman–Crippen LogP) is 4.29. The molecule has 5 heteroatoms. The van der Waals surface area contributed by atoms with Crippen molar-refractivity contribution in [3.8, 4) is 11.5 Å². The van der Waals surface area contributed by atoms with E-state index in [1.807, 2.05) is 0 Å². The third-order valence-corrected chi connectivity index (χ3v) is 4.94. The number of hydrogen-bond donors (Lipinski definition) is 1. The van der Waals surface area contributed by atoms with E-state index in [1.54, 1.807) is 43.5 Å². The number of benzene rings is 2. The van der Waals surface area contributed by atoms with Crippen LogP contribution in [0.4, 0.5) is 10.1 Å². The van der Waals surface area contributed by atoms with Gasteiger partial charge in [0.15, 0.2) is 0 Å². The first-order valence-electron chi connectivity index (χ1n) is 8.39. The van der Waals surface area contributed by atoms with Crippen LogP contribution in [0.1, 0.15) is 31.2 Å². The molecule has 1 saturated carbocycles. The molecule has 0 unspecified atom stereocenters. The number of anilines is 1. The molecular weight excluding hydrogens is 321 g/mol. The Hall–Kier alpha value is -2.56. The van der Waals surface area contributed by atoms with Crippen molar-refractivity contribution in [2.75, 3.05) is 19.5 Å². The maximum atomic E-state index is 14.4. The summed E-state index contributed by atoms with van der Waals surface area (Å²) in [6.07, 6.45) is 3.08. The van der Waals surface area contributed by atoms with Crippen molar-refractivity contribution >= 4 is 11.6 Å². The summed E-state index contributed by atoms with van der Waals surface area (Å²) in [4.78, 5) is 13.1.